The smallest absolute Gasteiger partial charge is 0.231 e. The fourth-order valence-corrected chi connectivity index (χ4v) is 3.88. The van der Waals surface area contributed by atoms with Gasteiger partial charge in [0, 0.05) is 29.6 Å². The van der Waals surface area contributed by atoms with Gasteiger partial charge in [-0.1, -0.05) is 0 Å². The molecule has 2 aromatic carbocycles. The van der Waals surface area contributed by atoms with Gasteiger partial charge >= 0.3 is 0 Å². The lowest BCUT2D eigenvalue weighted by Crippen LogP contribution is -2.40. The molecule has 5 rings (SSSR count). The van der Waals surface area contributed by atoms with Crippen molar-refractivity contribution in [1.82, 2.24) is 0 Å². The van der Waals surface area contributed by atoms with Crippen LogP contribution in [0, 0.1) is 0 Å². The number of nitrogens with two attached hydrogens (primary N) is 1. The number of ether oxygens (including phenoxy) is 4. The Labute approximate surface area is 150 Å². The first-order valence-corrected chi connectivity index (χ1v) is 8.50. The number of nitrogens with zero attached hydrogens (tertiary/aromatic N) is 1. The van der Waals surface area contributed by atoms with E-state index in [2.05, 4.69) is 29.0 Å². The van der Waals surface area contributed by atoms with Crippen LogP contribution < -0.4 is 29.2 Å². The van der Waals surface area contributed by atoms with Crippen LogP contribution in [-0.2, 0) is 13.0 Å². The highest BCUT2D eigenvalue weighted by molar-refractivity contribution is 6.00. The van der Waals surface area contributed by atoms with E-state index in [1.54, 1.807) is 14.2 Å². The van der Waals surface area contributed by atoms with Crippen LogP contribution in [0.1, 0.15) is 5.56 Å². The van der Waals surface area contributed by atoms with E-state index in [1.807, 2.05) is 6.07 Å². The van der Waals surface area contributed by atoms with Gasteiger partial charge < -0.3 is 24.7 Å². The molecular weight excluding hydrogens is 334 g/mol. The van der Waals surface area contributed by atoms with Gasteiger partial charge in [0.25, 0.3) is 0 Å². The zero-order chi connectivity index (χ0) is 17.8. The quantitative estimate of drug-likeness (QED) is 0.567. The highest BCUT2D eigenvalue weighted by atomic mass is 16.7. The third-order valence-corrected chi connectivity index (χ3v) is 5.15. The van der Waals surface area contributed by atoms with Gasteiger partial charge in [-0.25, -0.2) is 0 Å². The summed E-state index contributed by atoms with van der Waals surface area (Å²) in [6.45, 7) is 1.15. The van der Waals surface area contributed by atoms with E-state index in [1.165, 1.54) is 5.56 Å². The minimum Gasteiger partial charge on any atom is -0.493 e. The van der Waals surface area contributed by atoms with Crippen LogP contribution in [-0.4, -0.2) is 21.0 Å². The second-order valence-corrected chi connectivity index (χ2v) is 6.49. The van der Waals surface area contributed by atoms with Crippen molar-refractivity contribution in [2.24, 2.45) is 0 Å². The molecule has 26 heavy (non-hydrogen) atoms. The number of anilines is 1. The van der Waals surface area contributed by atoms with Crippen molar-refractivity contribution >= 4 is 16.5 Å². The number of nitrogen functional groups attached to an aromatic ring is 1. The Morgan fingerprint density at radius 2 is 1.88 bits per heavy atom. The van der Waals surface area contributed by atoms with E-state index < -0.39 is 0 Å². The average Bonchev–Trinajstić information content (AvgIpc) is 3.12. The molecular formula is C20H19N2O4+. The molecule has 2 aliphatic rings. The summed E-state index contributed by atoms with van der Waals surface area (Å²) in [6, 6.07) is 8.07. The zero-order valence-electron chi connectivity index (χ0n) is 14.7. The van der Waals surface area contributed by atoms with Gasteiger partial charge in [-0.2, -0.15) is 4.57 Å². The van der Waals surface area contributed by atoms with Gasteiger partial charge in [-0.05, 0) is 17.7 Å². The summed E-state index contributed by atoms with van der Waals surface area (Å²) in [7, 11) is 3.26. The molecule has 3 heterocycles. The first-order chi connectivity index (χ1) is 12.7. The number of aromatic nitrogens is 1. The van der Waals surface area contributed by atoms with Crippen molar-refractivity contribution in [2.45, 2.75) is 13.0 Å². The minimum atomic E-state index is 0.278. The Bertz CT molecular complexity index is 1060. The third-order valence-electron chi connectivity index (χ3n) is 5.15. The molecule has 0 aliphatic carbocycles. The molecule has 0 saturated carbocycles. The molecule has 6 heteroatoms. The number of aryl methyl sites for hydroxylation is 2. The molecule has 2 N–H and O–H groups in total. The molecule has 0 bridgehead atoms. The SMILES string of the molecule is COc1cc(N)c2cc3[n+]([14cH]c2c1OC)CCc1cc2c(cc1-3)OCO2. The Morgan fingerprint density at radius 3 is 2.65 bits per heavy atom. The van der Waals surface area contributed by atoms with E-state index >= 15 is 0 Å². The fraction of sp³-hybridized carbons (Fsp3) is 0.250. The molecule has 0 atom stereocenters. The number of fused-ring (bicyclic) bond motifs is 5. The summed E-state index contributed by atoms with van der Waals surface area (Å²) in [5.41, 5.74) is 10.5. The Kier molecular flexibility index (Phi) is 3.16. The van der Waals surface area contributed by atoms with Crippen LogP contribution in [0.2, 0.25) is 0 Å². The molecule has 0 unspecified atom stereocenters. The Morgan fingerprint density at radius 1 is 1.08 bits per heavy atom. The second-order valence-electron chi connectivity index (χ2n) is 6.49. The summed E-state index contributed by atoms with van der Waals surface area (Å²) in [5.74, 6) is 2.95. The van der Waals surface area contributed by atoms with Crippen molar-refractivity contribution in [3.63, 3.8) is 0 Å². The Hall–Kier alpha value is -3.15. The molecule has 3 aromatic rings. The number of rotatable bonds is 2. The van der Waals surface area contributed by atoms with Crippen LogP contribution in [0.3, 0.4) is 0 Å². The van der Waals surface area contributed by atoms with Gasteiger partial charge in [0.05, 0.1) is 25.2 Å². The first kappa shape index (κ1) is 15.1. The molecule has 0 fully saturated rings. The van der Waals surface area contributed by atoms with Gasteiger partial charge in [0.1, 0.15) is 0 Å². The van der Waals surface area contributed by atoms with Crippen LogP contribution >= 0.6 is 0 Å². The zero-order valence-corrected chi connectivity index (χ0v) is 14.7. The standard InChI is InChI=1S/C20H19N2O4/c1-23-19-8-15(21)13-6-16-12-7-18-17(25-10-26-18)5-11(12)3-4-22(16)9-14(13)20(19)24-2/h5-9H,3-4,10,21H2,1-2H3/q+1/i9+2. The van der Waals surface area contributed by atoms with Crippen LogP contribution in [0.15, 0.2) is 30.5 Å². The first-order valence-electron chi connectivity index (χ1n) is 8.50. The summed E-state index contributed by atoms with van der Waals surface area (Å²) < 4.78 is 24.3. The monoisotopic (exact) mass is 353 g/mol. The van der Waals surface area contributed by atoms with Crippen molar-refractivity contribution in [3.05, 3.63) is 36.0 Å². The van der Waals surface area contributed by atoms with E-state index in [-0.39, 0.29) is 6.79 Å². The molecule has 0 amide bonds. The van der Waals surface area contributed by atoms with E-state index in [0.717, 1.165) is 46.5 Å². The van der Waals surface area contributed by atoms with Crippen LogP contribution in [0.5, 0.6) is 23.0 Å². The van der Waals surface area contributed by atoms with Crippen molar-refractivity contribution in [3.8, 4) is 34.3 Å². The van der Waals surface area contributed by atoms with Gasteiger partial charge in [-0.15, -0.1) is 0 Å². The predicted molar refractivity (Wildman–Crippen MR) is 96.9 cm³/mol. The minimum absolute atomic E-state index is 0.278. The molecule has 132 valence electrons. The van der Waals surface area contributed by atoms with Crippen LogP contribution in [0.25, 0.3) is 22.0 Å². The highest BCUT2D eigenvalue weighted by Gasteiger charge is 2.29. The molecule has 0 saturated heterocycles. The number of benzene rings is 2. The topological polar surface area (TPSA) is 66.8 Å². The van der Waals surface area contributed by atoms with Crippen molar-refractivity contribution in [1.29, 1.82) is 0 Å². The maximum Gasteiger partial charge on any atom is 0.231 e. The maximum atomic E-state index is 6.31. The number of hydrogen-bond donors (Lipinski definition) is 1. The van der Waals surface area contributed by atoms with Gasteiger partial charge in [0.15, 0.2) is 35.7 Å². The molecule has 1 aromatic heterocycles. The van der Waals surface area contributed by atoms with Crippen molar-refractivity contribution in [2.75, 3.05) is 26.7 Å². The van der Waals surface area contributed by atoms with Crippen molar-refractivity contribution < 1.29 is 23.5 Å². The molecule has 0 spiro atoms. The van der Waals surface area contributed by atoms with Gasteiger partial charge in [0.2, 0.25) is 12.5 Å². The lowest BCUT2D eigenvalue weighted by Gasteiger charge is -2.18. The molecule has 6 nitrogen and oxygen atoms in total. The number of pyridine rings is 1. The highest BCUT2D eigenvalue weighted by Crippen LogP contribution is 2.43. The fourth-order valence-electron chi connectivity index (χ4n) is 3.88. The second kappa shape index (κ2) is 5.42. The summed E-state index contributed by atoms with van der Waals surface area (Å²) in [4.78, 5) is 0. The summed E-state index contributed by atoms with van der Waals surface area (Å²) >= 11 is 0. The summed E-state index contributed by atoms with van der Waals surface area (Å²) in [5, 5.41) is 1.89. The lowest BCUT2D eigenvalue weighted by atomic mass is 9.96. The molecule has 2 aliphatic heterocycles. The molecule has 0 radical (unpaired) electrons. The van der Waals surface area contributed by atoms with E-state index in [9.17, 15) is 0 Å². The number of methoxy groups -OCH3 is 2. The third kappa shape index (κ3) is 2.02. The normalized spacial score (nSPS) is 14.1. The number of hydrogen-bond acceptors (Lipinski definition) is 5. The maximum absolute atomic E-state index is 6.31. The Balaban J connectivity index is 1.79. The average molecular weight is 353 g/mol. The van der Waals surface area contributed by atoms with E-state index in [4.69, 9.17) is 24.7 Å². The lowest BCUT2D eigenvalue weighted by molar-refractivity contribution is -0.686. The largest absolute Gasteiger partial charge is 0.493 e. The van der Waals surface area contributed by atoms with E-state index in [0.29, 0.717) is 17.2 Å². The predicted octanol–water partition coefficient (Wildman–Crippen LogP) is 2.68. The summed E-state index contributed by atoms with van der Waals surface area (Å²) in [6.07, 6.45) is 3.02. The van der Waals surface area contributed by atoms with Gasteiger partial charge in [-0.3, -0.25) is 0 Å². The van der Waals surface area contributed by atoms with Crippen LogP contribution in [0.4, 0.5) is 5.69 Å².